The van der Waals surface area contributed by atoms with E-state index in [0.29, 0.717) is 17.1 Å². The molecular weight excluding hydrogens is 484 g/mol. The van der Waals surface area contributed by atoms with Gasteiger partial charge in [-0.25, -0.2) is 4.79 Å². The van der Waals surface area contributed by atoms with Crippen molar-refractivity contribution in [1.29, 1.82) is 0 Å². The predicted octanol–water partition coefficient (Wildman–Crippen LogP) is 5.02. The molecule has 1 spiro atoms. The average Bonchev–Trinajstić information content (AvgIpc) is 3.71. The Balaban J connectivity index is 1.19. The SMILES string of the molecule is CN(C)[C@]1(c2ccccc2)CC[C@]2(CC1)CN(C1CCN(c3cnnc(Cl)c3)CC1)C(=O)N2CC1CC1. The van der Waals surface area contributed by atoms with Gasteiger partial charge < -0.3 is 14.7 Å². The number of piperidine rings is 1. The Kier molecular flexibility index (Phi) is 6.56. The molecule has 2 aromatic rings. The molecule has 6 rings (SSSR count). The molecule has 4 fully saturated rings. The van der Waals surface area contributed by atoms with E-state index in [4.69, 9.17) is 11.6 Å². The Morgan fingerprint density at radius 1 is 1.03 bits per heavy atom. The number of halogens is 1. The molecule has 4 aliphatic rings. The Morgan fingerprint density at radius 3 is 2.35 bits per heavy atom. The first kappa shape index (κ1) is 24.9. The second kappa shape index (κ2) is 9.73. The van der Waals surface area contributed by atoms with Crippen LogP contribution in [-0.2, 0) is 5.54 Å². The first-order valence-electron chi connectivity index (χ1n) is 13.9. The molecular formula is C29H39ClN6O. The quantitative estimate of drug-likeness (QED) is 0.533. The lowest BCUT2D eigenvalue weighted by molar-refractivity contribution is 0.0226. The Bertz CT molecular complexity index is 1110. The summed E-state index contributed by atoms with van der Waals surface area (Å²) < 4.78 is 0. The number of rotatable bonds is 6. The molecule has 37 heavy (non-hydrogen) atoms. The highest BCUT2D eigenvalue weighted by molar-refractivity contribution is 6.29. The number of carbonyl (C=O) groups excluding carboxylic acids is 1. The fourth-order valence-electron chi connectivity index (χ4n) is 7.18. The minimum absolute atomic E-state index is 0.0341. The Morgan fingerprint density at radius 2 is 1.73 bits per heavy atom. The van der Waals surface area contributed by atoms with E-state index < -0.39 is 0 Å². The van der Waals surface area contributed by atoms with Crippen LogP contribution in [0.2, 0.25) is 5.15 Å². The molecule has 0 N–H and O–H groups in total. The van der Waals surface area contributed by atoms with Gasteiger partial charge in [0.15, 0.2) is 5.15 Å². The summed E-state index contributed by atoms with van der Waals surface area (Å²) in [6, 6.07) is 13.5. The third-order valence-electron chi connectivity index (χ3n) is 9.71. The smallest absolute Gasteiger partial charge is 0.320 e. The van der Waals surface area contributed by atoms with Crippen LogP contribution in [0.1, 0.15) is 56.9 Å². The fraction of sp³-hybridized carbons (Fsp3) is 0.621. The molecule has 0 atom stereocenters. The minimum atomic E-state index is -0.0341. The third-order valence-corrected chi connectivity index (χ3v) is 9.89. The zero-order valence-electron chi connectivity index (χ0n) is 22.2. The molecule has 198 valence electrons. The number of benzene rings is 1. The second-order valence-electron chi connectivity index (χ2n) is 11.9. The highest BCUT2D eigenvalue weighted by Gasteiger charge is 2.56. The van der Waals surface area contributed by atoms with E-state index in [1.54, 1.807) is 6.20 Å². The van der Waals surface area contributed by atoms with Crippen LogP contribution in [0.25, 0.3) is 0 Å². The second-order valence-corrected chi connectivity index (χ2v) is 12.3. The average molecular weight is 523 g/mol. The van der Waals surface area contributed by atoms with Gasteiger partial charge in [-0.3, -0.25) is 4.90 Å². The van der Waals surface area contributed by atoms with E-state index >= 15 is 0 Å². The predicted molar refractivity (Wildman–Crippen MR) is 147 cm³/mol. The molecule has 0 bridgehead atoms. The summed E-state index contributed by atoms with van der Waals surface area (Å²) in [5.41, 5.74) is 2.43. The van der Waals surface area contributed by atoms with Crippen molar-refractivity contribution in [1.82, 2.24) is 24.9 Å². The number of hydrogen-bond acceptors (Lipinski definition) is 5. The van der Waals surface area contributed by atoms with E-state index in [1.165, 1.54) is 18.4 Å². The monoisotopic (exact) mass is 522 g/mol. The van der Waals surface area contributed by atoms with Crippen molar-refractivity contribution >= 4 is 23.3 Å². The summed E-state index contributed by atoms with van der Waals surface area (Å²) in [4.78, 5) is 23.3. The lowest BCUT2D eigenvalue weighted by Crippen LogP contribution is -2.55. The Hall–Kier alpha value is -2.38. The maximum absolute atomic E-state index is 14.0. The van der Waals surface area contributed by atoms with Gasteiger partial charge in [-0.05, 0) is 76.9 Å². The number of amides is 2. The first-order valence-corrected chi connectivity index (χ1v) is 14.3. The van der Waals surface area contributed by atoms with Crippen LogP contribution in [-0.4, -0.2) is 82.8 Å². The van der Waals surface area contributed by atoms with Crippen LogP contribution in [0.4, 0.5) is 10.5 Å². The van der Waals surface area contributed by atoms with E-state index in [-0.39, 0.29) is 17.1 Å². The van der Waals surface area contributed by atoms with Crippen LogP contribution in [0.3, 0.4) is 0 Å². The van der Waals surface area contributed by atoms with Crippen LogP contribution in [0.5, 0.6) is 0 Å². The van der Waals surface area contributed by atoms with Crippen molar-refractivity contribution in [3.05, 3.63) is 53.3 Å². The molecule has 0 radical (unpaired) electrons. The molecule has 2 amide bonds. The van der Waals surface area contributed by atoms with Crippen molar-refractivity contribution < 1.29 is 4.79 Å². The summed E-state index contributed by atoms with van der Waals surface area (Å²) in [5.74, 6) is 0.696. The molecule has 1 aromatic carbocycles. The maximum atomic E-state index is 14.0. The molecule has 2 aliphatic carbocycles. The molecule has 3 heterocycles. The lowest BCUT2D eigenvalue weighted by atomic mass is 9.68. The van der Waals surface area contributed by atoms with Gasteiger partial charge in [0.25, 0.3) is 0 Å². The molecule has 1 aromatic heterocycles. The highest BCUT2D eigenvalue weighted by Crippen LogP contribution is 2.50. The van der Waals surface area contributed by atoms with Gasteiger partial charge in [0.2, 0.25) is 0 Å². The van der Waals surface area contributed by atoms with Gasteiger partial charge in [-0.2, -0.15) is 5.10 Å². The maximum Gasteiger partial charge on any atom is 0.320 e. The number of aromatic nitrogens is 2. The Labute approximate surface area is 225 Å². The van der Waals surface area contributed by atoms with Gasteiger partial charge in [0.05, 0.1) is 17.4 Å². The molecule has 2 saturated heterocycles. The molecule has 7 nitrogen and oxygen atoms in total. The van der Waals surface area contributed by atoms with Crippen LogP contribution in [0.15, 0.2) is 42.6 Å². The summed E-state index contributed by atoms with van der Waals surface area (Å²) >= 11 is 6.08. The number of nitrogens with zero attached hydrogens (tertiary/aromatic N) is 6. The fourth-order valence-corrected chi connectivity index (χ4v) is 7.34. The summed E-state index contributed by atoms with van der Waals surface area (Å²) in [6.07, 6.45) is 10.6. The molecule has 2 saturated carbocycles. The topological polar surface area (TPSA) is 55.8 Å². The zero-order chi connectivity index (χ0) is 25.6. The number of anilines is 1. The van der Waals surface area contributed by atoms with Crippen molar-refractivity contribution in [2.75, 3.05) is 45.2 Å². The van der Waals surface area contributed by atoms with Gasteiger partial charge in [-0.1, -0.05) is 41.9 Å². The van der Waals surface area contributed by atoms with E-state index in [1.807, 2.05) is 6.07 Å². The lowest BCUT2D eigenvalue weighted by Gasteiger charge is -2.51. The number of urea groups is 1. The molecule has 8 heteroatoms. The van der Waals surface area contributed by atoms with E-state index in [2.05, 4.69) is 74.2 Å². The zero-order valence-corrected chi connectivity index (χ0v) is 22.9. The van der Waals surface area contributed by atoms with Crippen molar-refractivity contribution in [2.45, 2.75) is 68.5 Å². The standard InChI is InChI=1S/C29H39ClN6O/c1-33(2)29(23-6-4-3-5-7-23)14-12-28(13-15-29)21-35(27(37)36(28)20-22-8-9-22)24-10-16-34(17-11-24)25-18-26(30)32-31-19-25/h3-7,18-19,22,24H,8-17,20-21H2,1-2H3/t28-,29+. The van der Waals surface area contributed by atoms with Crippen molar-refractivity contribution in [2.24, 2.45) is 5.92 Å². The number of carbonyl (C=O) groups is 1. The molecule has 0 unspecified atom stereocenters. The summed E-state index contributed by atoms with van der Waals surface area (Å²) in [6.45, 7) is 3.63. The van der Waals surface area contributed by atoms with Gasteiger partial charge in [0, 0.05) is 43.8 Å². The van der Waals surface area contributed by atoms with Crippen molar-refractivity contribution in [3.8, 4) is 0 Å². The first-order chi connectivity index (χ1) is 17.9. The summed E-state index contributed by atoms with van der Waals surface area (Å²) in [7, 11) is 4.44. The van der Waals surface area contributed by atoms with Crippen LogP contribution in [0, 0.1) is 5.92 Å². The number of hydrogen-bond donors (Lipinski definition) is 0. The normalized spacial score (nSPS) is 29.1. The van der Waals surface area contributed by atoms with Crippen LogP contribution >= 0.6 is 11.6 Å². The van der Waals surface area contributed by atoms with Crippen LogP contribution < -0.4 is 4.90 Å². The van der Waals surface area contributed by atoms with Gasteiger partial charge in [-0.15, -0.1) is 5.10 Å². The third kappa shape index (κ3) is 4.59. The molecule has 2 aliphatic heterocycles. The summed E-state index contributed by atoms with van der Waals surface area (Å²) in [5, 5.41) is 8.32. The van der Waals surface area contributed by atoms with E-state index in [0.717, 1.165) is 70.4 Å². The minimum Gasteiger partial charge on any atom is -0.370 e. The highest BCUT2D eigenvalue weighted by atomic mass is 35.5. The van der Waals surface area contributed by atoms with E-state index in [9.17, 15) is 4.79 Å². The van der Waals surface area contributed by atoms with Crippen molar-refractivity contribution in [3.63, 3.8) is 0 Å². The van der Waals surface area contributed by atoms with Gasteiger partial charge >= 0.3 is 6.03 Å². The largest absolute Gasteiger partial charge is 0.370 e. The van der Waals surface area contributed by atoms with Gasteiger partial charge in [0.1, 0.15) is 0 Å².